The summed E-state index contributed by atoms with van der Waals surface area (Å²) < 4.78 is 0. The van der Waals surface area contributed by atoms with Gasteiger partial charge in [-0.05, 0) is 25.9 Å². The second-order valence-electron chi connectivity index (χ2n) is 3.27. The van der Waals surface area contributed by atoms with E-state index in [-0.39, 0.29) is 18.2 Å². The quantitative estimate of drug-likeness (QED) is 0.624. The van der Waals surface area contributed by atoms with Gasteiger partial charge in [0.2, 0.25) is 11.8 Å². The second kappa shape index (κ2) is 5.35. The molecule has 2 amide bonds. The van der Waals surface area contributed by atoms with Gasteiger partial charge >= 0.3 is 0 Å². The Morgan fingerprint density at radius 2 is 2.07 bits per heavy atom. The molecule has 0 radical (unpaired) electrons. The molecule has 0 atom stereocenters. The lowest BCUT2D eigenvalue weighted by molar-refractivity contribution is -0.132. The number of amides is 2. The molecule has 1 rings (SSSR count). The van der Waals surface area contributed by atoms with E-state index in [0.717, 1.165) is 25.9 Å². The minimum atomic E-state index is -0.504. The van der Waals surface area contributed by atoms with E-state index >= 15 is 0 Å². The van der Waals surface area contributed by atoms with Crippen molar-refractivity contribution in [2.24, 2.45) is 5.92 Å². The predicted octanol–water partition coefficient (Wildman–Crippen LogP) is -0.458. The molecule has 0 spiro atoms. The number of carbonyl (C=O) groups excluding carboxylic acids is 2. The largest absolute Gasteiger partial charge is 0.317 e. The summed E-state index contributed by atoms with van der Waals surface area (Å²) >= 11 is 0. The fourth-order valence-corrected chi connectivity index (χ4v) is 1.44. The van der Waals surface area contributed by atoms with Crippen LogP contribution >= 0.6 is 0 Å². The molecule has 5 nitrogen and oxygen atoms in total. The maximum Gasteiger partial charge on any atom is 0.240 e. The second-order valence-corrected chi connectivity index (χ2v) is 3.27. The van der Waals surface area contributed by atoms with E-state index in [2.05, 4.69) is 10.6 Å². The third-order valence-electron chi connectivity index (χ3n) is 2.21. The van der Waals surface area contributed by atoms with Crippen molar-refractivity contribution >= 4 is 11.8 Å². The lowest BCUT2D eigenvalue weighted by atomic mass is 9.97. The molecule has 2 N–H and O–H groups in total. The van der Waals surface area contributed by atoms with E-state index in [4.69, 9.17) is 5.26 Å². The minimum Gasteiger partial charge on any atom is -0.317 e. The van der Waals surface area contributed by atoms with Crippen LogP contribution in [0.2, 0.25) is 0 Å². The van der Waals surface area contributed by atoms with Gasteiger partial charge in [0.15, 0.2) is 0 Å². The van der Waals surface area contributed by atoms with Gasteiger partial charge in [0, 0.05) is 5.92 Å². The van der Waals surface area contributed by atoms with Crippen molar-refractivity contribution in [1.29, 1.82) is 5.26 Å². The molecular formula is C9H13N3O2. The van der Waals surface area contributed by atoms with Gasteiger partial charge in [-0.3, -0.25) is 14.9 Å². The topological polar surface area (TPSA) is 82.0 Å². The summed E-state index contributed by atoms with van der Waals surface area (Å²) in [5.41, 5.74) is 0. The zero-order chi connectivity index (χ0) is 10.4. The standard InChI is InChI=1S/C9H13N3O2/c10-4-1-8(13)12-9(14)7-2-5-11-6-3-7/h7,11H,1-3,5-6H2,(H,12,13,14). The monoisotopic (exact) mass is 195 g/mol. The Morgan fingerprint density at radius 1 is 1.43 bits per heavy atom. The Kier molecular flexibility index (Phi) is 4.08. The summed E-state index contributed by atoms with van der Waals surface area (Å²) in [7, 11) is 0. The molecule has 5 heteroatoms. The van der Waals surface area contributed by atoms with E-state index in [1.54, 1.807) is 6.07 Å². The van der Waals surface area contributed by atoms with Gasteiger partial charge in [-0.1, -0.05) is 0 Å². The van der Waals surface area contributed by atoms with Crippen molar-refractivity contribution in [2.75, 3.05) is 13.1 Å². The maximum absolute atomic E-state index is 11.4. The molecule has 1 fully saturated rings. The number of nitrogens with one attached hydrogen (secondary N) is 2. The summed E-state index contributed by atoms with van der Waals surface area (Å²) in [6, 6.07) is 1.70. The smallest absolute Gasteiger partial charge is 0.240 e. The molecule has 76 valence electrons. The molecule has 0 saturated carbocycles. The number of rotatable bonds is 2. The van der Waals surface area contributed by atoms with Crippen LogP contribution in [0.1, 0.15) is 19.3 Å². The summed E-state index contributed by atoms with van der Waals surface area (Å²) in [5, 5.41) is 13.6. The zero-order valence-electron chi connectivity index (χ0n) is 7.88. The van der Waals surface area contributed by atoms with E-state index in [1.165, 1.54) is 0 Å². The van der Waals surface area contributed by atoms with Crippen LogP contribution in [-0.2, 0) is 9.59 Å². The number of hydrogen-bond donors (Lipinski definition) is 2. The van der Waals surface area contributed by atoms with Gasteiger partial charge in [0.25, 0.3) is 0 Å². The number of nitrogens with zero attached hydrogens (tertiary/aromatic N) is 1. The highest BCUT2D eigenvalue weighted by atomic mass is 16.2. The van der Waals surface area contributed by atoms with Crippen molar-refractivity contribution in [3.63, 3.8) is 0 Å². The molecule has 0 bridgehead atoms. The highest BCUT2D eigenvalue weighted by Gasteiger charge is 2.21. The molecule has 0 aromatic heterocycles. The first-order valence-corrected chi connectivity index (χ1v) is 4.65. The average Bonchev–Trinajstić information content (AvgIpc) is 2.19. The molecular weight excluding hydrogens is 182 g/mol. The molecule has 0 aliphatic carbocycles. The normalized spacial score (nSPS) is 17.1. The number of carbonyl (C=O) groups is 2. The molecule has 1 aliphatic heterocycles. The number of piperidine rings is 1. The minimum absolute atomic E-state index is 0.0844. The Labute approximate surface area is 82.5 Å². The van der Waals surface area contributed by atoms with Gasteiger partial charge in [0.05, 0.1) is 6.07 Å². The Balaban J connectivity index is 2.33. The van der Waals surface area contributed by atoms with Crippen molar-refractivity contribution in [1.82, 2.24) is 10.6 Å². The van der Waals surface area contributed by atoms with Crippen LogP contribution in [0.4, 0.5) is 0 Å². The Hall–Kier alpha value is -1.41. The van der Waals surface area contributed by atoms with Crippen molar-refractivity contribution in [3.8, 4) is 6.07 Å². The summed E-state index contributed by atoms with van der Waals surface area (Å²) in [5.74, 6) is -0.832. The summed E-state index contributed by atoms with van der Waals surface area (Å²) in [6.45, 7) is 1.62. The zero-order valence-corrected chi connectivity index (χ0v) is 7.88. The predicted molar refractivity (Wildman–Crippen MR) is 49.0 cm³/mol. The Bertz CT molecular complexity index is 264. The van der Waals surface area contributed by atoms with Gasteiger partial charge in [-0.25, -0.2) is 0 Å². The molecule has 1 aliphatic rings. The fourth-order valence-electron chi connectivity index (χ4n) is 1.44. The lowest BCUT2D eigenvalue weighted by Crippen LogP contribution is -2.40. The summed E-state index contributed by atoms with van der Waals surface area (Å²) in [6.07, 6.45) is 1.26. The van der Waals surface area contributed by atoms with Crippen LogP contribution < -0.4 is 10.6 Å². The SMILES string of the molecule is N#CCC(=O)NC(=O)C1CCNCC1. The highest BCUT2D eigenvalue weighted by Crippen LogP contribution is 2.11. The third kappa shape index (κ3) is 3.15. The third-order valence-corrected chi connectivity index (χ3v) is 2.21. The van der Waals surface area contributed by atoms with Gasteiger partial charge in [-0.2, -0.15) is 5.26 Å². The Morgan fingerprint density at radius 3 is 2.64 bits per heavy atom. The maximum atomic E-state index is 11.4. The molecule has 1 saturated heterocycles. The van der Waals surface area contributed by atoms with Crippen LogP contribution in [-0.4, -0.2) is 24.9 Å². The molecule has 1 heterocycles. The first-order valence-electron chi connectivity index (χ1n) is 4.65. The van der Waals surface area contributed by atoms with Gasteiger partial charge < -0.3 is 5.32 Å². The van der Waals surface area contributed by atoms with Crippen molar-refractivity contribution < 1.29 is 9.59 Å². The van der Waals surface area contributed by atoms with E-state index < -0.39 is 5.91 Å². The molecule has 0 aromatic rings. The van der Waals surface area contributed by atoms with Crippen LogP contribution in [0.15, 0.2) is 0 Å². The van der Waals surface area contributed by atoms with E-state index in [9.17, 15) is 9.59 Å². The number of hydrogen-bond acceptors (Lipinski definition) is 4. The highest BCUT2D eigenvalue weighted by molar-refractivity contribution is 5.96. The van der Waals surface area contributed by atoms with Crippen LogP contribution in [0.3, 0.4) is 0 Å². The lowest BCUT2D eigenvalue weighted by Gasteiger charge is -2.20. The van der Waals surface area contributed by atoms with Crippen LogP contribution in [0.5, 0.6) is 0 Å². The van der Waals surface area contributed by atoms with Crippen LogP contribution in [0.25, 0.3) is 0 Å². The first-order chi connectivity index (χ1) is 6.74. The summed E-state index contributed by atoms with van der Waals surface area (Å²) in [4.78, 5) is 22.3. The molecule has 0 unspecified atom stereocenters. The van der Waals surface area contributed by atoms with Crippen molar-refractivity contribution in [2.45, 2.75) is 19.3 Å². The van der Waals surface area contributed by atoms with Gasteiger partial charge in [-0.15, -0.1) is 0 Å². The van der Waals surface area contributed by atoms with E-state index in [1.807, 2.05) is 0 Å². The first kappa shape index (κ1) is 10.7. The number of imide groups is 1. The molecule has 14 heavy (non-hydrogen) atoms. The van der Waals surface area contributed by atoms with E-state index in [0.29, 0.717) is 0 Å². The molecule has 0 aromatic carbocycles. The number of nitriles is 1. The average molecular weight is 195 g/mol. The fraction of sp³-hybridized carbons (Fsp3) is 0.667. The van der Waals surface area contributed by atoms with Crippen molar-refractivity contribution in [3.05, 3.63) is 0 Å². The van der Waals surface area contributed by atoms with Gasteiger partial charge in [0.1, 0.15) is 6.42 Å². The van der Waals surface area contributed by atoms with Crippen LogP contribution in [0, 0.1) is 17.2 Å².